The van der Waals surface area contributed by atoms with Crippen LogP contribution in [-0.2, 0) is 27.2 Å². The second kappa shape index (κ2) is 11.1. The molecule has 30 heavy (non-hydrogen) atoms. The molecular weight excluding hydrogens is 388 g/mol. The smallest absolute Gasteiger partial charge is 0.309 e. The largest absolute Gasteiger partial charge is 0.507 e. The Balaban J connectivity index is 2.63. The number of aromatic hydroxyl groups is 3. The fraction of sp³-hybridized carbons (Fsp3) is 0.652. The van der Waals surface area contributed by atoms with Gasteiger partial charge in [0.15, 0.2) is 11.5 Å². The third-order valence-electron chi connectivity index (χ3n) is 5.58. The highest BCUT2D eigenvalue weighted by molar-refractivity contribution is 5.73. The van der Waals surface area contributed by atoms with E-state index in [0.717, 1.165) is 25.7 Å². The average molecular weight is 425 g/mol. The number of carbonyl (C=O) groups excluding carboxylic acids is 1. The average Bonchev–Trinajstić information content (AvgIpc) is 2.64. The van der Waals surface area contributed by atoms with Crippen molar-refractivity contribution in [3.05, 3.63) is 17.2 Å². The number of carboxylic acids is 1. The molecule has 0 bridgehead atoms. The van der Waals surface area contributed by atoms with E-state index in [1.807, 2.05) is 13.8 Å². The van der Waals surface area contributed by atoms with Gasteiger partial charge in [-0.2, -0.15) is 0 Å². The fourth-order valence-electron chi connectivity index (χ4n) is 3.40. The molecule has 0 aliphatic heterocycles. The second-order valence-electron chi connectivity index (χ2n) is 9.16. The summed E-state index contributed by atoms with van der Waals surface area (Å²) in [6, 6.07) is 1.39. The number of benzene rings is 1. The molecular formula is C23H36O7. The second-order valence-corrected chi connectivity index (χ2v) is 9.16. The van der Waals surface area contributed by atoms with Crippen molar-refractivity contribution in [3.8, 4) is 17.2 Å². The number of hydrogen-bond donors (Lipinski definition) is 4. The van der Waals surface area contributed by atoms with Gasteiger partial charge in [-0.05, 0) is 84.3 Å². The molecule has 0 saturated carbocycles. The van der Waals surface area contributed by atoms with Gasteiger partial charge in [0, 0.05) is 5.56 Å². The Kier molecular flexibility index (Phi) is 9.46. The number of phenolic OH excluding ortho intramolecular Hbond substituents is 3. The Morgan fingerprint density at radius 2 is 1.53 bits per heavy atom. The van der Waals surface area contributed by atoms with Crippen LogP contribution in [0.3, 0.4) is 0 Å². The van der Waals surface area contributed by atoms with Gasteiger partial charge in [0.05, 0.1) is 5.41 Å². The SMILES string of the molecule is CC(C)(CCCCc1c(O)c(O)cc(CCCCCC(C)(C)C(=O)O)c1O)OC=O. The van der Waals surface area contributed by atoms with Crippen LogP contribution in [0.1, 0.15) is 83.8 Å². The summed E-state index contributed by atoms with van der Waals surface area (Å²) in [6.45, 7) is 7.48. The molecule has 0 heterocycles. The van der Waals surface area contributed by atoms with Gasteiger partial charge in [-0.3, -0.25) is 9.59 Å². The lowest BCUT2D eigenvalue weighted by Crippen LogP contribution is -2.23. The molecule has 1 aromatic carbocycles. The highest BCUT2D eigenvalue weighted by Crippen LogP contribution is 2.40. The lowest BCUT2D eigenvalue weighted by Gasteiger charge is -2.22. The first-order chi connectivity index (χ1) is 13.9. The maximum atomic E-state index is 11.1. The summed E-state index contributed by atoms with van der Waals surface area (Å²) < 4.78 is 5.01. The summed E-state index contributed by atoms with van der Waals surface area (Å²) in [6.07, 6.45) is 5.82. The molecule has 0 aliphatic rings. The van der Waals surface area contributed by atoms with E-state index in [1.165, 1.54) is 6.07 Å². The first kappa shape index (κ1) is 25.6. The van der Waals surface area contributed by atoms with Gasteiger partial charge >= 0.3 is 5.97 Å². The molecule has 170 valence electrons. The Morgan fingerprint density at radius 3 is 2.13 bits per heavy atom. The van der Waals surface area contributed by atoms with E-state index in [1.54, 1.807) is 13.8 Å². The number of hydrogen-bond acceptors (Lipinski definition) is 6. The number of carbonyl (C=O) groups is 2. The van der Waals surface area contributed by atoms with E-state index < -0.39 is 17.0 Å². The van der Waals surface area contributed by atoms with Crippen molar-refractivity contribution in [1.29, 1.82) is 0 Å². The minimum Gasteiger partial charge on any atom is -0.507 e. The Bertz CT molecular complexity index is 723. The van der Waals surface area contributed by atoms with E-state index in [2.05, 4.69) is 0 Å². The molecule has 0 aliphatic carbocycles. The topological polar surface area (TPSA) is 124 Å². The van der Waals surface area contributed by atoms with Crippen molar-refractivity contribution in [2.75, 3.05) is 0 Å². The van der Waals surface area contributed by atoms with Crippen LogP contribution in [0.5, 0.6) is 17.2 Å². The normalized spacial score (nSPS) is 12.0. The number of phenols is 3. The Labute approximate surface area is 178 Å². The summed E-state index contributed by atoms with van der Waals surface area (Å²) in [5, 5.41) is 39.9. The van der Waals surface area contributed by atoms with Gasteiger partial charge in [0.1, 0.15) is 11.4 Å². The van der Waals surface area contributed by atoms with E-state index in [0.29, 0.717) is 49.7 Å². The zero-order valence-corrected chi connectivity index (χ0v) is 18.5. The van der Waals surface area contributed by atoms with Crippen molar-refractivity contribution in [2.24, 2.45) is 5.41 Å². The van der Waals surface area contributed by atoms with Crippen molar-refractivity contribution >= 4 is 12.4 Å². The molecule has 0 spiro atoms. The molecule has 1 rings (SSSR count). The lowest BCUT2D eigenvalue weighted by molar-refractivity contribution is -0.147. The maximum absolute atomic E-state index is 11.1. The summed E-state index contributed by atoms with van der Waals surface area (Å²) >= 11 is 0. The van der Waals surface area contributed by atoms with E-state index in [9.17, 15) is 24.9 Å². The molecule has 7 heteroatoms. The summed E-state index contributed by atoms with van der Waals surface area (Å²) in [7, 11) is 0. The van der Waals surface area contributed by atoms with Crippen LogP contribution in [-0.4, -0.2) is 38.5 Å². The third-order valence-corrected chi connectivity index (χ3v) is 5.58. The molecule has 0 amide bonds. The predicted molar refractivity (Wildman–Crippen MR) is 114 cm³/mol. The summed E-state index contributed by atoms with van der Waals surface area (Å²) in [4.78, 5) is 21.6. The number of aryl methyl sites for hydroxylation is 1. The molecule has 1 aromatic rings. The van der Waals surface area contributed by atoms with Crippen LogP contribution >= 0.6 is 0 Å². The van der Waals surface area contributed by atoms with E-state index in [-0.39, 0.29) is 17.2 Å². The van der Waals surface area contributed by atoms with Crippen LogP contribution < -0.4 is 0 Å². The van der Waals surface area contributed by atoms with Gasteiger partial charge < -0.3 is 25.2 Å². The zero-order chi connectivity index (χ0) is 22.9. The van der Waals surface area contributed by atoms with Crippen molar-refractivity contribution in [2.45, 2.75) is 91.1 Å². The molecule has 4 N–H and O–H groups in total. The van der Waals surface area contributed by atoms with Crippen molar-refractivity contribution in [1.82, 2.24) is 0 Å². The van der Waals surface area contributed by atoms with Gasteiger partial charge in [-0.25, -0.2) is 0 Å². The van der Waals surface area contributed by atoms with Crippen LogP contribution in [0.25, 0.3) is 0 Å². The Hall–Kier alpha value is -2.44. The van der Waals surface area contributed by atoms with E-state index in [4.69, 9.17) is 9.84 Å². The summed E-state index contributed by atoms with van der Waals surface area (Å²) in [5.74, 6) is -1.37. The maximum Gasteiger partial charge on any atom is 0.309 e. The van der Waals surface area contributed by atoms with Gasteiger partial charge in [0.25, 0.3) is 6.47 Å². The first-order valence-electron chi connectivity index (χ1n) is 10.5. The minimum absolute atomic E-state index is 0.000400. The third kappa shape index (κ3) is 7.76. The van der Waals surface area contributed by atoms with Crippen molar-refractivity contribution < 1.29 is 34.8 Å². The first-order valence-corrected chi connectivity index (χ1v) is 10.5. The fourth-order valence-corrected chi connectivity index (χ4v) is 3.40. The number of rotatable bonds is 14. The number of carboxylic acid groups (broad SMARTS) is 1. The van der Waals surface area contributed by atoms with Gasteiger partial charge in [-0.1, -0.05) is 12.8 Å². The van der Waals surface area contributed by atoms with Crippen LogP contribution in [0.4, 0.5) is 0 Å². The van der Waals surface area contributed by atoms with Crippen LogP contribution in [0, 0.1) is 5.41 Å². The molecule has 0 saturated heterocycles. The monoisotopic (exact) mass is 424 g/mol. The van der Waals surface area contributed by atoms with E-state index >= 15 is 0 Å². The highest BCUT2D eigenvalue weighted by atomic mass is 16.5. The molecule has 0 atom stereocenters. The van der Waals surface area contributed by atoms with Gasteiger partial charge in [-0.15, -0.1) is 0 Å². The molecule has 0 fully saturated rings. The Morgan fingerprint density at radius 1 is 0.933 bits per heavy atom. The summed E-state index contributed by atoms with van der Waals surface area (Å²) in [5.41, 5.74) is -0.420. The number of ether oxygens (including phenoxy) is 1. The lowest BCUT2D eigenvalue weighted by atomic mass is 9.87. The van der Waals surface area contributed by atoms with Crippen LogP contribution in [0.2, 0.25) is 0 Å². The zero-order valence-electron chi connectivity index (χ0n) is 18.5. The number of aliphatic carboxylic acids is 1. The minimum atomic E-state index is -0.811. The quantitative estimate of drug-likeness (QED) is 0.148. The van der Waals surface area contributed by atoms with Crippen LogP contribution in [0.15, 0.2) is 6.07 Å². The highest BCUT2D eigenvalue weighted by Gasteiger charge is 2.26. The molecule has 0 unspecified atom stereocenters. The molecule has 0 radical (unpaired) electrons. The standard InChI is InChI=1S/C23H36O7/c1-22(2,21(28)29)12-8-5-6-10-16-14-18(25)20(27)17(19(16)26)11-7-9-13-23(3,4)30-15-24/h14-15,25-27H,5-13H2,1-4H3,(H,28,29). The molecule has 7 nitrogen and oxygen atoms in total. The van der Waals surface area contributed by atoms with Crippen molar-refractivity contribution in [3.63, 3.8) is 0 Å². The van der Waals surface area contributed by atoms with Gasteiger partial charge in [0.2, 0.25) is 0 Å². The predicted octanol–water partition coefficient (Wildman–Crippen LogP) is 4.68. The number of unbranched alkanes of at least 4 members (excludes halogenated alkanes) is 3. The molecule has 0 aromatic heterocycles.